The number of fused-ring (bicyclic) bond motifs is 2. The summed E-state index contributed by atoms with van der Waals surface area (Å²) in [5.41, 5.74) is 5.88. The molecular weight excluding hydrogens is 168 g/mol. The summed E-state index contributed by atoms with van der Waals surface area (Å²) in [5, 5.41) is 8.85. The number of amides is 1. The highest BCUT2D eigenvalue weighted by molar-refractivity contribution is 5.65. The standard InChI is InChI=1S/C9H16N2O2/c10-8-2-6-1-7(3-8)5-11(4-6)9(12)13/h6-8H,1-5,10H2,(H,12,13). The number of rotatable bonds is 0. The zero-order valence-electron chi connectivity index (χ0n) is 7.65. The molecule has 0 radical (unpaired) electrons. The van der Waals surface area contributed by atoms with Crippen molar-refractivity contribution in [1.82, 2.24) is 4.90 Å². The molecule has 1 aliphatic heterocycles. The van der Waals surface area contributed by atoms with E-state index >= 15 is 0 Å². The van der Waals surface area contributed by atoms with E-state index in [1.54, 1.807) is 4.90 Å². The molecule has 0 aromatic rings. The van der Waals surface area contributed by atoms with E-state index in [2.05, 4.69) is 0 Å². The largest absolute Gasteiger partial charge is 0.465 e. The first-order chi connectivity index (χ1) is 6.15. The molecule has 13 heavy (non-hydrogen) atoms. The normalized spacial score (nSPS) is 38.8. The van der Waals surface area contributed by atoms with Crippen molar-refractivity contribution in [2.75, 3.05) is 13.1 Å². The Labute approximate surface area is 77.7 Å². The molecule has 2 fully saturated rings. The first-order valence-electron chi connectivity index (χ1n) is 4.88. The summed E-state index contributed by atoms with van der Waals surface area (Å²) >= 11 is 0. The van der Waals surface area contributed by atoms with Crippen LogP contribution in [0.1, 0.15) is 19.3 Å². The SMILES string of the molecule is NC1CC2CC(C1)CN(C(=O)O)C2. The van der Waals surface area contributed by atoms with Crippen molar-refractivity contribution in [3.63, 3.8) is 0 Å². The molecule has 0 aromatic heterocycles. The molecule has 2 atom stereocenters. The fraction of sp³-hybridized carbons (Fsp3) is 0.889. The molecule has 1 aliphatic carbocycles. The quantitative estimate of drug-likeness (QED) is 0.583. The Morgan fingerprint density at radius 3 is 2.23 bits per heavy atom. The van der Waals surface area contributed by atoms with Gasteiger partial charge in [0.2, 0.25) is 0 Å². The third-order valence-electron chi connectivity index (χ3n) is 3.17. The van der Waals surface area contributed by atoms with Gasteiger partial charge in [-0.25, -0.2) is 4.79 Å². The van der Waals surface area contributed by atoms with Gasteiger partial charge in [-0.3, -0.25) is 0 Å². The van der Waals surface area contributed by atoms with Gasteiger partial charge in [0.25, 0.3) is 0 Å². The second-order valence-corrected chi connectivity index (χ2v) is 4.39. The van der Waals surface area contributed by atoms with Crippen LogP contribution in [-0.4, -0.2) is 35.2 Å². The summed E-state index contributed by atoms with van der Waals surface area (Å²) in [6, 6.07) is 0.305. The van der Waals surface area contributed by atoms with Crippen molar-refractivity contribution in [3.8, 4) is 0 Å². The van der Waals surface area contributed by atoms with Crippen LogP contribution < -0.4 is 5.73 Å². The van der Waals surface area contributed by atoms with E-state index in [1.807, 2.05) is 0 Å². The highest BCUT2D eigenvalue weighted by Crippen LogP contribution is 2.33. The van der Waals surface area contributed by atoms with Crippen LogP contribution in [0.15, 0.2) is 0 Å². The van der Waals surface area contributed by atoms with Crippen LogP contribution in [0.4, 0.5) is 4.79 Å². The van der Waals surface area contributed by atoms with Gasteiger partial charge in [-0.2, -0.15) is 0 Å². The second kappa shape index (κ2) is 3.18. The minimum Gasteiger partial charge on any atom is -0.465 e. The number of carbonyl (C=O) groups is 1. The number of hydrogen-bond acceptors (Lipinski definition) is 2. The second-order valence-electron chi connectivity index (χ2n) is 4.39. The third kappa shape index (κ3) is 1.77. The maximum absolute atomic E-state index is 10.8. The fourth-order valence-electron chi connectivity index (χ4n) is 2.77. The van der Waals surface area contributed by atoms with Crippen LogP contribution in [0.5, 0.6) is 0 Å². The molecule has 74 valence electrons. The first kappa shape index (κ1) is 8.81. The van der Waals surface area contributed by atoms with E-state index < -0.39 is 6.09 Å². The minimum atomic E-state index is -0.773. The van der Waals surface area contributed by atoms with Crippen LogP contribution in [0.2, 0.25) is 0 Å². The molecule has 2 aliphatic rings. The average Bonchev–Trinajstić information content (AvgIpc) is 2.01. The van der Waals surface area contributed by atoms with Crippen molar-refractivity contribution in [1.29, 1.82) is 0 Å². The van der Waals surface area contributed by atoms with Gasteiger partial charge in [0.15, 0.2) is 0 Å². The number of nitrogens with zero attached hydrogens (tertiary/aromatic N) is 1. The lowest BCUT2D eigenvalue weighted by atomic mass is 9.76. The highest BCUT2D eigenvalue weighted by atomic mass is 16.4. The molecule has 3 N–H and O–H groups in total. The molecule has 0 aromatic carbocycles. The number of carboxylic acid groups (broad SMARTS) is 1. The summed E-state index contributed by atoms with van der Waals surface area (Å²) in [5.74, 6) is 1.03. The van der Waals surface area contributed by atoms with Gasteiger partial charge in [0.05, 0.1) is 0 Å². The molecule has 2 bridgehead atoms. The summed E-state index contributed by atoms with van der Waals surface area (Å²) in [6.07, 6.45) is 2.41. The van der Waals surface area contributed by atoms with Gasteiger partial charge in [-0.05, 0) is 31.1 Å². The van der Waals surface area contributed by atoms with Crippen LogP contribution in [-0.2, 0) is 0 Å². The molecule has 1 saturated heterocycles. The first-order valence-corrected chi connectivity index (χ1v) is 4.88. The summed E-state index contributed by atoms with van der Waals surface area (Å²) in [7, 11) is 0. The zero-order valence-corrected chi connectivity index (χ0v) is 7.65. The predicted octanol–water partition coefficient (Wildman–Crippen LogP) is 0.724. The lowest BCUT2D eigenvalue weighted by Crippen LogP contribution is -2.49. The minimum absolute atomic E-state index is 0.305. The van der Waals surface area contributed by atoms with Crippen molar-refractivity contribution in [3.05, 3.63) is 0 Å². The van der Waals surface area contributed by atoms with Crippen molar-refractivity contribution < 1.29 is 9.90 Å². The molecule has 4 heteroatoms. The Morgan fingerprint density at radius 1 is 1.23 bits per heavy atom. The van der Waals surface area contributed by atoms with E-state index in [9.17, 15) is 4.79 Å². The predicted molar refractivity (Wildman–Crippen MR) is 48.4 cm³/mol. The van der Waals surface area contributed by atoms with E-state index in [4.69, 9.17) is 10.8 Å². The maximum Gasteiger partial charge on any atom is 0.407 e. The van der Waals surface area contributed by atoms with Gasteiger partial charge < -0.3 is 15.7 Å². The van der Waals surface area contributed by atoms with Gasteiger partial charge in [-0.15, -0.1) is 0 Å². The van der Waals surface area contributed by atoms with Crippen molar-refractivity contribution in [2.24, 2.45) is 17.6 Å². The number of likely N-dealkylation sites (tertiary alicyclic amines) is 1. The highest BCUT2D eigenvalue weighted by Gasteiger charge is 2.35. The van der Waals surface area contributed by atoms with E-state index in [1.165, 1.54) is 6.42 Å². The summed E-state index contributed by atoms with van der Waals surface area (Å²) < 4.78 is 0. The monoisotopic (exact) mass is 184 g/mol. The molecule has 1 heterocycles. The lowest BCUT2D eigenvalue weighted by molar-refractivity contribution is 0.0698. The van der Waals surface area contributed by atoms with E-state index in [-0.39, 0.29) is 0 Å². The molecule has 2 rings (SSSR count). The topological polar surface area (TPSA) is 66.6 Å². The summed E-state index contributed by atoms with van der Waals surface area (Å²) in [6.45, 7) is 1.39. The van der Waals surface area contributed by atoms with Gasteiger partial charge in [-0.1, -0.05) is 0 Å². The van der Waals surface area contributed by atoms with Crippen LogP contribution in [0.3, 0.4) is 0 Å². The zero-order chi connectivity index (χ0) is 9.42. The Bertz CT molecular complexity index is 202. The van der Waals surface area contributed by atoms with Crippen LogP contribution in [0.25, 0.3) is 0 Å². The molecular formula is C9H16N2O2. The van der Waals surface area contributed by atoms with Gasteiger partial charge in [0, 0.05) is 19.1 Å². The van der Waals surface area contributed by atoms with Crippen LogP contribution >= 0.6 is 0 Å². The molecule has 4 nitrogen and oxygen atoms in total. The van der Waals surface area contributed by atoms with Gasteiger partial charge in [0.1, 0.15) is 0 Å². The summed E-state index contributed by atoms with van der Waals surface area (Å²) in [4.78, 5) is 12.3. The van der Waals surface area contributed by atoms with E-state index in [0.717, 1.165) is 12.8 Å². The fourth-order valence-corrected chi connectivity index (χ4v) is 2.77. The average molecular weight is 184 g/mol. The Kier molecular flexibility index (Phi) is 2.15. The number of nitrogens with two attached hydrogens (primary N) is 1. The third-order valence-corrected chi connectivity index (χ3v) is 3.17. The van der Waals surface area contributed by atoms with Crippen molar-refractivity contribution >= 4 is 6.09 Å². The van der Waals surface area contributed by atoms with Gasteiger partial charge >= 0.3 is 6.09 Å². The molecule has 0 spiro atoms. The molecule has 2 unspecified atom stereocenters. The smallest absolute Gasteiger partial charge is 0.407 e. The van der Waals surface area contributed by atoms with Crippen molar-refractivity contribution in [2.45, 2.75) is 25.3 Å². The molecule has 1 saturated carbocycles. The molecule has 1 amide bonds. The lowest BCUT2D eigenvalue weighted by Gasteiger charge is -2.42. The Hall–Kier alpha value is -0.770. The van der Waals surface area contributed by atoms with E-state index in [0.29, 0.717) is 31.0 Å². The Morgan fingerprint density at radius 2 is 1.77 bits per heavy atom. The Balaban J connectivity index is 2.01. The number of hydrogen-bond donors (Lipinski definition) is 2. The van der Waals surface area contributed by atoms with Crippen LogP contribution in [0, 0.1) is 11.8 Å². The maximum atomic E-state index is 10.8. The number of piperidine rings is 1.